The van der Waals surface area contributed by atoms with Gasteiger partial charge in [0.15, 0.2) is 5.75 Å². The van der Waals surface area contributed by atoms with Crippen LogP contribution in [0.15, 0.2) is 171 Å². The van der Waals surface area contributed by atoms with Crippen LogP contribution in [0, 0.1) is 6.07 Å². The van der Waals surface area contributed by atoms with Crippen LogP contribution >= 0.6 is 23.2 Å². The van der Waals surface area contributed by atoms with Gasteiger partial charge >= 0.3 is 218 Å². The van der Waals surface area contributed by atoms with E-state index in [0.717, 1.165) is 78.9 Å². The monoisotopic (exact) mass is 1750 g/mol. The summed E-state index contributed by atoms with van der Waals surface area (Å²) in [6, 6.07) is 22.8. The van der Waals surface area contributed by atoms with E-state index in [9.17, 15) is 96.8 Å². The Morgan fingerprint density at radius 2 is 0.798 bits per heavy atom. The summed E-state index contributed by atoms with van der Waals surface area (Å²) in [5, 5.41) is 45.6. The van der Waals surface area contributed by atoms with Crippen molar-refractivity contribution in [1.82, 2.24) is 29.9 Å². The van der Waals surface area contributed by atoms with Crippen LogP contribution in [-0.4, -0.2) is 139 Å². The zero-order valence-electron chi connectivity index (χ0n) is 56.0. The molecule has 11 rings (SSSR count). The molecule has 0 spiro atoms. The third kappa shape index (κ3) is 24.9. The number of anilines is 8. The third-order valence-electron chi connectivity index (χ3n) is 13.6. The van der Waals surface area contributed by atoms with Gasteiger partial charge in [0.05, 0.1) is 46.4 Å². The minimum Gasteiger partial charge on any atom is -0.772 e. The number of nitrogens with zero attached hydrogens (tertiary/aromatic N) is 10. The Morgan fingerprint density at radius 1 is 0.413 bits per heavy atom. The van der Waals surface area contributed by atoms with Crippen LogP contribution in [-0.2, 0) is 88.2 Å². The number of halogens is 2. The van der Waals surface area contributed by atoms with E-state index >= 15 is 0 Å². The Balaban J connectivity index is 0.00000273. The molecule has 6 N–H and O–H groups in total. The SMILES string of the molecule is O=S(=O)=O.O=S([O-])Cc1cc2cc(S(=O)(=O)[O-])cc(Nc3nc(Cl)nc(Nc4ccc(Nc5nc(Cl)nc(Nc6c[c-]cc7cc(S(=O)(=O)[O-])c(N=Nc8cc(S(=O)(=O)[O-])c9cccc(S(=O)(=O)[O-])c9c8)c(O)c67)n5)cc4)n3)c2c(O)c1N=Nc1cc(S(=O)(=O)[O-])c2cccc(S(=O)(=O)[O-])c2c1.[Na+].[Na+].[Na+].[Na+].[Na+].[Na+].[Na+]. The number of hydrogen-bond acceptors (Lipinski definition) is 39. The van der Waals surface area contributed by atoms with E-state index in [1.54, 1.807) is 0 Å². The maximum absolute atomic E-state index is 12.6. The van der Waals surface area contributed by atoms with Crippen molar-refractivity contribution in [3.05, 3.63) is 144 Å². The quantitative estimate of drug-likeness (QED) is 0.0136. The van der Waals surface area contributed by atoms with Gasteiger partial charge in [0, 0.05) is 44.1 Å². The Hall–Kier alpha value is -3.19. The second-order valence-corrected chi connectivity index (χ2v) is 30.3. The van der Waals surface area contributed by atoms with Gasteiger partial charge in [-0.2, -0.15) is 58.3 Å². The number of aromatic nitrogens is 6. The molecular formula is C53H28Cl2N14Na7O25S8-. The van der Waals surface area contributed by atoms with E-state index in [0.29, 0.717) is 12.1 Å². The normalized spacial score (nSPS) is 12.0. The summed E-state index contributed by atoms with van der Waals surface area (Å²) in [5.74, 6) is -4.39. The average Bonchev–Trinajstić information content (AvgIpc) is 0.769. The molecule has 530 valence electrons. The average molecular weight is 1750 g/mol. The summed E-state index contributed by atoms with van der Waals surface area (Å²) < 4.78 is 272. The van der Waals surface area contributed by atoms with Crippen molar-refractivity contribution in [2.45, 2.75) is 35.1 Å². The van der Waals surface area contributed by atoms with Gasteiger partial charge in [-0.1, -0.05) is 52.5 Å². The summed E-state index contributed by atoms with van der Waals surface area (Å²) >= 11 is 9.60. The van der Waals surface area contributed by atoms with Crippen molar-refractivity contribution in [2.75, 3.05) is 21.3 Å². The molecule has 0 aliphatic carbocycles. The van der Waals surface area contributed by atoms with Gasteiger partial charge in [-0.05, 0) is 113 Å². The second-order valence-electron chi connectivity index (χ2n) is 20.2. The first kappa shape index (κ1) is 100. The Morgan fingerprint density at radius 3 is 1.20 bits per heavy atom. The number of phenols is 2. The van der Waals surface area contributed by atoms with E-state index in [2.05, 4.69) is 77.7 Å². The number of azo groups is 2. The molecule has 109 heavy (non-hydrogen) atoms. The first-order valence-electron chi connectivity index (χ1n) is 26.6. The van der Waals surface area contributed by atoms with Gasteiger partial charge in [-0.15, -0.1) is 28.2 Å². The van der Waals surface area contributed by atoms with Crippen LogP contribution in [0.25, 0.3) is 43.1 Å². The molecule has 0 radical (unpaired) electrons. The van der Waals surface area contributed by atoms with E-state index in [4.69, 9.17) is 35.8 Å². The fraction of sp³-hybridized carbons (Fsp3) is 0.0189. The number of aromatic hydroxyl groups is 2. The van der Waals surface area contributed by atoms with Crippen molar-refractivity contribution in [3.8, 4) is 11.5 Å². The molecule has 1 unspecified atom stereocenters. The van der Waals surface area contributed by atoms with Crippen molar-refractivity contribution in [3.63, 3.8) is 0 Å². The minimum absolute atomic E-state index is 0. The predicted molar refractivity (Wildman–Crippen MR) is 346 cm³/mol. The molecule has 56 heteroatoms. The number of rotatable bonds is 20. The van der Waals surface area contributed by atoms with Crippen LogP contribution < -0.4 is 228 Å². The molecular weight excluding hydrogens is 1720 g/mol. The van der Waals surface area contributed by atoms with Crippen molar-refractivity contribution in [1.29, 1.82) is 0 Å². The summed E-state index contributed by atoms with van der Waals surface area (Å²) in [6.45, 7) is 0. The molecule has 0 saturated carbocycles. The van der Waals surface area contributed by atoms with Crippen LogP contribution in [0.4, 0.5) is 69.3 Å². The number of hydrogen-bond donors (Lipinski definition) is 6. The van der Waals surface area contributed by atoms with E-state index in [1.165, 1.54) is 30.3 Å². The van der Waals surface area contributed by atoms with Crippen LogP contribution in [0.2, 0.25) is 10.6 Å². The molecule has 0 aliphatic heterocycles. The number of fused-ring (bicyclic) bond motifs is 4. The van der Waals surface area contributed by atoms with Crippen LogP contribution in [0.1, 0.15) is 5.56 Å². The molecule has 9 aromatic carbocycles. The molecule has 0 saturated heterocycles. The maximum Gasteiger partial charge on any atom is 1.00 e. The molecule has 11 aromatic rings. The Labute approximate surface area is 783 Å². The molecule has 1 atom stereocenters. The Bertz CT molecular complexity index is 6390. The van der Waals surface area contributed by atoms with Gasteiger partial charge in [0.1, 0.15) is 77.8 Å². The van der Waals surface area contributed by atoms with Gasteiger partial charge < -0.3 is 63.3 Å². The summed E-state index contributed by atoms with van der Waals surface area (Å²) in [7, 11) is -35.5. The van der Waals surface area contributed by atoms with Gasteiger partial charge in [0.2, 0.25) is 34.4 Å². The fourth-order valence-corrected chi connectivity index (χ4v) is 14.5. The van der Waals surface area contributed by atoms with E-state index < -0.39 is 206 Å². The van der Waals surface area contributed by atoms with Crippen molar-refractivity contribution < 1.29 is 316 Å². The van der Waals surface area contributed by atoms with Crippen LogP contribution in [0.5, 0.6) is 11.5 Å². The van der Waals surface area contributed by atoms with Gasteiger partial charge in [0.25, 0.3) is 0 Å². The summed E-state index contributed by atoms with van der Waals surface area (Å²) in [5.41, 5.74) is -3.56. The first-order chi connectivity index (χ1) is 47.5. The fourth-order valence-electron chi connectivity index (χ4n) is 9.72. The van der Waals surface area contributed by atoms with Crippen molar-refractivity contribution >= 4 is 218 Å². The standard InChI is InChI=1S/C53H35Cl2N14O22S7.7Na.O3S/c54-48-60-50(64-52(62-48)58-35-7-1-4-23-16-41(98(89,90)91)45(47(71)42(23)35)69-67-29-18-34-32(40(20-29)97(86,87)88)6-3-9-38(34)95(80,81)82)56-26-10-12-27(13-11-26)57-51-61-49(55)63-53(65-51)59-36-21-30(93(74,75)76)15-24-14-25(22-92(72)73)44(46(70)43(24)36)68-66-28-17-33-31(39(19-28)96(83,84)85)5-2-8-37(33)94(77,78)79;;;;;;;;1-4(2)3/h2-21,70-71H,22H2,(H,72,73)(H,74,75,76)(H,77,78,79)(H,80,81,82)(H,83,84,85)(H,86,87,88)(H,89,90,91)(H2,56,58,60,62,64)(H2,57,59,61,63,65);;;;;;;;/q-1;7*+1;/p-7. The van der Waals surface area contributed by atoms with Gasteiger partial charge in [-0.3, -0.25) is 4.21 Å². The predicted octanol–water partition coefficient (Wildman–Crippen LogP) is -14.2. The van der Waals surface area contributed by atoms with Crippen molar-refractivity contribution in [2.24, 2.45) is 20.5 Å². The molecule has 2 heterocycles. The zero-order valence-corrected chi connectivity index (χ0v) is 78.1. The second kappa shape index (κ2) is 40.1. The topological polar surface area (TPSA) is 650 Å². The first-order valence-corrected chi connectivity index (χ1v) is 38.0. The molecule has 0 aliphatic rings. The maximum atomic E-state index is 12.6. The summed E-state index contributed by atoms with van der Waals surface area (Å²) in [6.07, 6.45) is 0. The number of benzene rings is 9. The Kier molecular flexibility index (Phi) is 36.8. The molecule has 0 bridgehead atoms. The van der Waals surface area contributed by atoms with Crippen LogP contribution in [0.3, 0.4) is 0 Å². The molecule has 39 nitrogen and oxygen atoms in total. The third-order valence-corrected chi connectivity index (χ3v) is 19.7. The number of phenolic OH excluding ortho intramolecular Hbond substituents is 2. The van der Waals surface area contributed by atoms with Gasteiger partial charge in [-0.25, -0.2) is 50.5 Å². The molecule has 0 fully saturated rings. The molecule has 2 aromatic heterocycles. The van der Waals surface area contributed by atoms with E-state index in [1.807, 2.05) is 0 Å². The smallest absolute Gasteiger partial charge is 0.772 e. The zero-order chi connectivity index (χ0) is 74.5. The summed E-state index contributed by atoms with van der Waals surface area (Å²) in [4.78, 5) is 18.5. The number of nitrogens with one attached hydrogen (secondary N) is 4. The van der Waals surface area contributed by atoms with E-state index in [-0.39, 0.29) is 258 Å². The largest absolute Gasteiger partial charge is 1.00 e. The minimum atomic E-state index is -5.55. The molecule has 0 amide bonds.